The van der Waals surface area contributed by atoms with Crippen molar-refractivity contribution >= 4 is 5.97 Å². The number of rotatable bonds is 4. The Morgan fingerprint density at radius 2 is 2.00 bits per heavy atom. The van der Waals surface area contributed by atoms with E-state index in [1.54, 1.807) is 0 Å². The maximum Gasteiger partial charge on any atom is 0.421 e. The third-order valence-corrected chi connectivity index (χ3v) is 2.90. The van der Waals surface area contributed by atoms with Crippen LogP contribution in [0.4, 0.5) is 13.2 Å². The summed E-state index contributed by atoms with van der Waals surface area (Å²) in [5, 5.41) is 8.82. The molecule has 2 rings (SSSR count). The Hall–Kier alpha value is -1.76. The highest BCUT2D eigenvalue weighted by Crippen LogP contribution is 2.38. The highest BCUT2D eigenvalue weighted by atomic mass is 19.4. The summed E-state index contributed by atoms with van der Waals surface area (Å²) in [5.41, 5.74) is 1.09. The normalized spacial score (nSPS) is 18.7. The molecule has 19 heavy (non-hydrogen) atoms. The molecule has 1 saturated carbocycles. The number of aliphatic carboxylic acids is 1. The first-order valence-electron chi connectivity index (χ1n) is 5.61. The van der Waals surface area contributed by atoms with E-state index < -0.39 is 23.2 Å². The molecular weight excluding hydrogens is 263 g/mol. The lowest BCUT2D eigenvalue weighted by molar-refractivity contribution is -0.204. The van der Waals surface area contributed by atoms with Crippen LogP contribution in [0.3, 0.4) is 0 Å². The fraction of sp³-hybridized carbons (Fsp3) is 0.417. The van der Waals surface area contributed by atoms with Crippen LogP contribution in [0.1, 0.15) is 18.4 Å². The molecule has 1 aromatic rings. The summed E-state index contributed by atoms with van der Waals surface area (Å²) in [5.74, 6) is -1.95. The van der Waals surface area contributed by atoms with Crippen molar-refractivity contribution in [3.8, 4) is 5.75 Å². The fourth-order valence-corrected chi connectivity index (χ4v) is 1.60. The van der Waals surface area contributed by atoms with Crippen molar-refractivity contribution in [2.75, 3.05) is 0 Å². The van der Waals surface area contributed by atoms with E-state index in [-0.39, 0.29) is 11.9 Å². The number of hydrogen-bond donors (Lipinski definition) is 2. The molecule has 0 aromatic heterocycles. The van der Waals surface area contributed by atoms with Gasteiger partial charge in [-0.15, -0.1) is 0 Å². The zero-order valence-electron chi connectivity index (χ0n) is 9.78. The Morgan fingerprint density at radius 1 is 1.37 bits per heavy atom. The van der Waals surface area contributed by atoms with Crippen LogP contribution < -0.4 is 10.5 Å². The number of ether oxygens (including phenoxy) is 1. The molecule has 1 atom stereocenters. The van der Waals surface area contributed by atoms with Gasteiger partial charge in [0.1, 0.15) is 5.75 Å². The summed E-state index contributed by atoms with van der Waals surface area (Å²) >= 11 is 0. The molecule has 4 nitrogen and oxygen atoms in total. The zero-order chi connectivity index (χ0) is 14.3. The maximum absolute atomic E-state index is 12.9. The van der Waals surface area contributed by atoms with E-state index in [0.717, 1.165) is 25.0 Å². The van der Waals surface area contributed by atoms with Gasteiger partial charge in [-0.1, -0.05) is 12.1 Å². The molecule has 1 aliphatic carbocycles. The lowest BCUT2D eigenvalue weighted by Crippen LogP contribution is -2.56. The number of halogens is 3. The first-order valence-corrected chi connectivity index (χ1v) is 5.61. The maximum atomic E-state index is 12.9. The molecule has 7 heteroatoms. The number of carboxylic acids is 1. The summed E-state index contributed by atoms with van der Waals surface area (Å²) in [6.07, 6.45) is -3.41. The van der Waals surface area contributed by atoms with E-state index in [2.05, 4.69) is 0 Å². The van der Waals surface area contributed by atoms with Crippen molar-refractivity contribution in [1.82, 2.24) is 0 Å². The summed E-state index contributed by atoms with van der Waals surface area (Å²) in [4.78, 5) is 10.9. The predicted molar refractivity (Wildman–Crippen MR) is 59.6 cm³/mol. The van der Waals surface area contributed by atoms with E-state index in [9.17, 15) is 18.0 Å². The number of carbonyl (C=O) groups is 1. The molecule has 0 saturated heterocycles. The molecule has 0 radical (unpaired) electrons. The Labute approximate surface area is 107 Å². The first-order chi connectivity index (χ1) is 8.75. The van der Waals surface area contributed by atoms with E-state index in [4.69, 9.17) is 15.6 Å². The Morgan fingerprint density at radius 3 is 2.47 bits per heavy atom. The van der Waals surface area contributed by atoms with Gasteiger partial charge in [0, 0.05) is 0 Å². The SMILES string of the molecule is NC(C(=O)O)(c1cccc(OC2CC2)c1)C(F)(F)F. The smallest absolute Gasteiger partial charge is 0.421 e. The predicted octanol–water partition coefficient (Wildman–Crippen LogP) is 2.03. The van der Waals surface area contributed by atoms with E-state index in [1.165, 1.54) is 12.1 Å². The summed E-state index contributed by atoms with van der Waals surface area (Å²) in [6, 6.07) is 4.82. The van der Waals surface area contributed by atoms with Crippen LogP contribution in [-0.4, -0.2) is 23.4 Å². The molecule has 0 amide bonds. The lowest BCUT2D eigenvalue weighted by atomic mass is 9.90. The Bertz CT molecular complexity index is 499. The van der Waals surface area contributed by atoms with Gasteiger partial charge in [-0.2, -0.15) is 13.2 Å². The molecule has 0 aliphatic heterocycles. The van der Waals surface area contributed by atoms with Crippen LogP contribution in [0.2, 0.25) is 0 Å². The highest BCUT2D eigenvalue weighted by Gasteiger charge is 2.59. The standard InChI is InChI=1S/C12H12F3NO3/c13-12(14,15)11(16,10(17)18)7-2-1-3-9(6-7)19-8-4-5-8/h1-3,6,8H,4-5,16H2,(H,17,18). The minimum absolute atomic E-state index is 0.00172. The van der Waals surface area contributed by atoms with Crippen molar-refractivity contribution in [1.29, 1.82) is 0 Å². The number of hydrogen-bond acceptors (Lipinski definition) is 3. The van der Waals surface area contributed by atoms with Gasteiger partial charge in [0.2, 0.25) is 5.54 Å². The second kappa shape index (κ2) is 4.41. The van der Waals surface area contributed by atoms with Crippen molar-refractivity contribution in [3.63, 3.8) is 0 Å². The molecule has 3 N–H and O–H groups in total. The van der Waals surface area contributed by atoms with Gasteiger partial charge < -0.3 is 15.6 Å². The number of nitrogens with two attached hydrogens (primary N) is 1. The van der Waals surface area contributed by atoms with Crippen LogP contribution in [0, 0.1) is 0 Å². The van der Waals surface area contributed by atoms with Crippen LogP contribution in [0.15, 0.2) is 24.3 Å². The van der Waals surface area contributed by atoms with Gasteiger partial charge in [0.05, 0.1) is 6.10 Å². The lowest BCUT2D eigenvalue weighted by Gasteiger charge is -2.28. The first kappa shape index (κ1) is 13.7. The highest BCUT2D eigenvalue weighted by molar-refractivity contribution is 5.81. The average Bonchev–Trinajstić information content (AvgIpc) is 3.10. The molecular formula is C12H12F3NO3. The largest absolute Gasteiger partial charge is 0.490 e. The summed E-state index contributed by atoms with van der Waals surface area (Å²) in [7, 11) is 0. The third kappa shape index (κ3) is 2.51. The molecule has 0 heterocycles. The summed E-state index contributed by atoms with van der Waals surface area (Å²) in [6.45, 7) is 0. The van der Waals surface area contributed by atoms with Gasteiger partial charge in [0.15, 0.2) is 0 Å². The monoisotopic (exact) mass is 275 g/mol. The minimum Gasteiger partial charge on any atom is -0.490 e. The summed E-state index contributed by atoms with van der Waals surface area (Å²) < 4.78 is 44.0. The van der Waals surface area contributed by atoms with Gasteiger partial charge in [0.25, 0.3) is 0 Å². The van der Waals surface area contributed by atoms with Crippen molar-refractivity contribution in [2.24, 2.45) is 5.73 Å². The molecule has 0 bridgehead atoms. The topological polar surface area (TPSA) is 72.6 Å². The zero-order valence-corrected chi connectivity index (χ0v) is 9.78. The van der Waals surface area contributed by atoms with Crippen molar-refractivity contribution in [2.45, 2.75) is 30.7 Å². The van der Waals surface area contributed by atoms with Crippen LogP contribution in [0.25, 0.3) is 0 Å². The average molecular weight is 275 g/mol. The van der Waals surface area contributed by atoms with Gasteiger partial charge in [-0.05, 0) is 30.5 Å². The molecule has 0 spiro atoms. The van der Waals surface area contributed by atoms with Crippen LogP contribution in [-0.2, 0) is 10.3 Å². The fourth-order valence-electron chi connectivity index (χ4n) is 1.60. The Kier molecular flexibility index (Phi) is 3.17. The van der Waals surface area contributed by atoms with Crippen molar-refractivity contribution < 1.29 is 27.8 Å². The number of carboxylic acid groups (broad SMARTS) is 1. The van der Waals surface area contributed by atoms with Crippen LogP contribution >= 0.6 is 0 Å². The van der Waals surface area contributed by atoms with Gasteiger partial charge in [-0.3, -0.25) is 0 Å². The van der Waals surface area contributed by atoms with E-state index in [1.807, 2.05) is 0 Å². The second-order valence-electron chi connectivity index (χ2n) is 4.46. The third-order valence-electron chi connectivity index (χ3n) is 2.90. The number of benzene rings is 1. The molecule has 1 unspecified atom stereocenters. The molecule has 1 fully saturated rings. The molecule has 1 aliphatic rings. The minimum atomic E-state index is -5.10. The van der Waals surface area contributed by atoms with Gasteiger partial charge in [-0.25, -0.2) is 4.79 Å². The molecule has 104 valence electrons. The Balaban J connectivity index is 2.39. The second-order valence-corrected chi connectivity index (χ2v) is 4.46. The molecule has 1 aromatic carbocycles. The van der Waals surface area contributed by atoms with Gasteiger partial charge >= 0.3 is 12.1 Å². The van der Waals surface area contributed by atoms with E-state index in [0.29, 0.717) is 0 Å². The van der Waals surface area contributed by atoms with Crippen molar-refractivity contribution in [3.05, 3.63) is 29.8 Å². The van der Waals surface area contributed by atoms with Crippen LogP contribution in [0.5, 0.6) is 5.75 Å². The van der Waals surface area contributed by atoms with E-state index >= 15 is 0 Å². The quantitative estimate of drug-likeness (QED) is 0.881. The number of alkyl halides is 3.